The summed E-state index contributed by atoms with van der Waals surface area (Å²) in [4.78, 5) is 4.54. The fourth-order valence-corrected chi connectivity index (χ4v) is 3.36. The summed E-state index contributed by atoms with van der Waals surface area (Å²) in [5, 5.41) is 3.61. The molecule has 0 saturated heterocycles. The highest BCUT2D eigenvalue weighted by atomic mass is 15.2. The number of imidazole rings is 1. The minimum absolute atomic E-state index is 0.346. The van der Waals surface area contributed by atoms with E-state index in [0.717, 1.165) is 12.5 Å². The van der Waals surface area contributed by atoms with Gasteiger partial charge in [0, 0.05) is 25.0 Å². The molecule has 0 amide bonds. The number of unbranched alkanes of at least 4 members (excludes halogenated alkanes) is 2. The van der Waals surface area contributed by atoms with Crippen molar-refractivity contribution in [3.05, 3.63) is 12.4 Å². The monoisotopic (exact) mass is 291 g/mol. The molecule has 1 fully saturated rings. The van der Waals surface area contributed by atoms with Gasteiger partial charge < -0.3 is 9.88 Å². The van der Waals surface area contributed by atoms with Gasteiger partial charge >= 0.3 is 0 Å². The highest BCUT2D eigenvalue weighted by Gasteiger charge is 2.21. The zero-order valence-corrected chi connectivity index (χ0v) is 14.2. The van der Waals surface area contributed by atoms with E-state index in [0.29, 0.717) is 11.5 Å². The number of rotatable bonds is 8. The van der Waals surface area contributed by atoms with E-state index in [-0.39, 0.29) is 0 Å². The maximum atomic E-state index is 4.54. The van der Waals surface area contributed by atoms with Crippen molar-refractivity contribution in [3.63, 3.8) is 0 Å². The second kappa shape index (κ2) is 7.86. The van der Waals surface area contributed by atoms with Crippen LogP contribution in [0.1, 0.15) is 84.6 Å². The first-order chi connectivity index (χ1) is 10.1. The predicted molar refractivity (Wildman–Crippen MR) is 90.8 cm³/mol. The lowest BCUT2D eigenvalue weighted by atomic mass is 9.87. The van der Waals surface area contributed by atoms with Crippen molar-refractivity contribution >= 4 is 5.95 Å². The average molecular weight is 291 g/mol. The van der Waals surface area contributed by atoms with Gasteiger partial charge in [-0.05, 0) is 24.7 Å². The first-order valence-electron chi connectivity index (χ1n) is 8.89. The zero-order chi connectivity index (χ0) is 15.1. The van der Waals surface area contributed by atoms with Gasteiger partial charge in [0.15, 0.2) is 0 Å². The number of nitrogens with one attached hydrogen (secondary N) is 1. The van der Waals surface area contributed by atoms with Crippen LogP contribution in [0, 0.1) is 5.41 Å². The first kappa shape index (κ1) is 16.4. The van der Waals surface area contributed by atoms with Crippen LogP contribution in [0.5, 0.6) is 0 Å². The van der Waals surface area contributed by atoms with Gasteiger partial charge in [0.25, 0.3) is 0 Å². The molecule has 1 aromatic heterocycles. The molecule has 0 spiro atoms. The van der Waals surface area contributed by atoms with Gasteiger partial charge in [-0.1, -0.05) is 59.3 Å². The molecule has 0 aromatic carbocycles. The van der Waals surface area contributed by atoms with Gasteiger partial charge in [-0.2, -0.15) is 0 Å². The van der Waals surface area contributed by atoms with Crippen LogP contribution in [-0.2, 0) is 0 Å². The third-order valence-electron chi connectivity index (χ3n) is 4.82. The van der Waals surface area contributed by atoms with Crippen LogP contribution in [0.4, 0.5) is 5.95 Å². The van der Waals surface area contributed by atoms with Crippen molar-refractivity contribution in [3.8, 4) is 0 Å². The van der Waals surface area contributed by atoms with Crippen molar-refractivity contribution in [2.75, 3.05) is 11.9 Å². The number of anilines is 1. The van der Waals surface area contributed by atoms with Gasteiger partial charge in [0.1, 0.15) is 0 Å². The zero-order valence-electron chi connectivity index (χ0n) is 14.2. The molecular formula is C18H33N3. The van der Waals surface area contributed by atoms with Crippen LogP contribution >= 0.6 is 0 Å². The molecule has 1 heterocycles. The van der Waals surface area contributed by atoms with Crippen molar-refractivity contribution in [1.82, 2.24) is 9.55 Å². The molecule has 0 atom stereocenters. The van der Waals surface area contributed by atoms with Gasteiger partial charge in [-0.15, -0.1) is 0 Å². The molecule has 0 aliphatic heterocycles. The van der Waals surface area contributed by atoms with E-state index in [2.05, 4.69) is 41.8 Å². The van der Waals surface area contributed by atoms with Gasteiger partial charge in [-0.25, -0.2) is 4.98 Å². The Kier molecular flexibility index (Phi) is 6.13. The Morgan fingerprint density at radius 2 is 2.00 bits per heavy atom. The maximum absolute atomic E-state index is 4.54. The minimum atomic E-state index is 0.346. The lowest BCUT2D eigenvalue weighted by Crippen LogP contribution is -2.25. The van der Waals surface area contributed by atoms with E-state index in [1.54, 1.807) is 0 Å². The quantitative estimate of drug-likeness (QED) is 0.649. The Hall–Kier alpha value is -0.990. The summed E-state index contributed by atoms with van der Waals surface area (Å²) in [7, 11) is 0. The van der Waals surface area contributed by atoms with Crippen LogP contribution in [0.2, 0.25) is 0 Å². The third kappa shape index (κ3) is 5.05. The third-order valence-corrected chi connectivity index (χ3v) is 4.82. The minimum Gasteiger partial charge on any atom is -0.355 e. The topological polar surface area (TPSA) is 29.9 Å². The SMILES string of the molecule is CCCCCC(C)(C)CNc1nccn1C1CCCCC1. The molecule has 0 bridgehead atoms. The van der Waals surface area contributed by atoms with Crippen LogP contribution in [0.15, 0.2) is 12.4 Å². The van der Waals surface area contributed by atoms with Gasteiger partial charge in [0.05, 0.1) is 0 Å². The Labute approximate surface area is 130 Å². The molecule has 120 valence electrons. The highest BCUT2D eigenvalue weighted by Crippen LogP contribution is 2.31. The summed E-state index contributed by atoms with van der Waals surface area (Å²) in [6, 6.07) is 0.659. The van der Waals surface area contributed by atoms with Crippen molar-refractivity contribution in [2.45, 2.75) is 84.6 Å². The van der Waals surface area contributed by atoms with Crippen molar-refractivity contribution in [2.24, 2.45) is 5.41 Å². The summed E-state index contributed by atoms with van der Waals surface area (Å²) in [6.45, 7) is 8.01. The van der Waals surface area contributed by atoms with E-state index in [1.807, 2.05) is 6.20 Å². The molecule has 1 saturated carbocycles. The largest absolute Gasteiger partial charge is 0.355 e. The molecule has 21 heavy (non-hydrogen) atoms. The molecule has 2 rings (SSSR count). The van der Waals surface area contributed by atoms with E-state index < -0.39 is 0 Å². The van der Waals surface area contributed by atoms with E-state index in [1.165, 1.54) is 57.8 Å². The van der Waals surface area contributed by atoms with Crippen molar-refractivity contribution < 1.29 is 0 Å². The normalized spacial score (nSPS) is 17.1. The Balaban J connectivity index is 1.86. The molecule has 1 N–H and O–H groups in total. The second-order valence-electron chi connectivity index (χ2n) is 7.42. The van der Waals surface area contributed by atoms with Crippen LogP contribution in [0.25, 0.3) is 0 Å². The van der Waals surface area contributed by atoms with Crippen LogP contribution in [-0.4, -0.2) is 16.1 Å². The highest BCUT2D eigenvalue weighted by molar-refractivity contribution is 5.27. The molecule has 0 radical (unpaired) electrons. The smallest absolute Gasteiger partial charge is 0.203 e. The van der Waals surface area contributed by atoms with Gasteiger partial charge in [-0.3, -0.25) is 0 Å². The molecule has 1 aliphatic rings. The second-order valence-corrected chi connectivity index (χ2v) is 7.42. The molecule has 0 unspecified atom stereocenters. The summed E-state index contributed by atoms with van der Waals surface area (Å²) in [5.41, 5.74) is 0.346. The lowest BCUT2D eigenvalue weighted by molar-refractivity contribution is 0.335. The molecule has 3 heteroatoms. The van der Waals surface area contributed by atoms with E-state index in [9.17, 15) is 0 Å². The molecule has 1 aliphatic carbocycles. The lowest BCUT2D eigenvalue weighted by Gasteiger charge is -2.28. The Morgan fingerprint density at radius 1 is 1.24 bits per heavy atom. The van der Waals surface area contributed by atoms with Crippen molar-refractivity contribution in [1.29, 1.82) is 0 Å². The number of nitrogens with zero attached hydrogens (tertiary/aromatic N) is 2. The average Bonchev–Trinajstić information content (AvgIpc) is 2.95. The summed E-state index contributed by atoms with van der Waals surface area (Å²) in [6.07, 6.45) is 16.1. The van der Waals surface area contributed by atoms with Crippen LogP contribution < -0.4 is 5.32 Å². The first-order valence-corrected chi connectivity index (χ1v) is 8.89. The summed E-state index contributed by atoms with van der Waals surface area (Å²) in [5.74, 6) is 1.07. The molecular weight excluding hydrogens is 258 g/mol. The number of aromatic nitrogens is 2. The fourth-order valence-electron chi connectivity index (χ4n) is 3.36. The number of hydrogen-bond acceptors (Lipinski definition) is 2. The fraction of sp³-hybridized carbons (Fsp3) is 0.833. The predicted octanol–water partition coefficient (Wildman–Crippen LogP) is 5.41. The van der Waals surface area contributed by atoms with E-state index in [4.69, 9.17) is 0 Å². The van der Waals surface area contributed by atoms with Crippen LogP contribution in [0.3, 0.4) is 0 Å². The summed E-state index contributed by atoms with van der Waals surface area (Å²) >= 11 is 0. The summed E-state index contributed by atoms with van der Waals surface area (Å²) < 4.78 is 2.38. The Morgan fingerprint density at radius 3 is 2.71 bits per heavy atom. The van der Waals surface area contributed by atoms with Gasteiger partial charge in [0.2, 0.25) is 5.95 Å². The molecule has 3 nitrogen and oxygen atoms in total. The Bertz CT molecular complexity index is 402. The standard InChI is InChI=1S/C18H33N3/c1-4-5-9-12-18(2,3)15-20-17-19-13-14-21(17)16-10-7-6-8-11-16/h13-14,16H,4-12,15H2,1-3H3,(H,19,20). The molecule has 1 aromatic rings. The number of hydrogen-bond donors (Lipinski definition) is 1. The van der Waals surface area contributed by atoms with E-state index >= 15 is 0 Å². The maximum Gasteiger partial charge on any atom is 0.203 e.